The van der Waals surface area contributed by atoms with E-state index in [9.17, 15) is 18.3 Å². The van der Waals surface area contributed by atoms with E-state index in [1.807, 2.05) is 0 Å². The summed E-state index contributed by atoms with van der Waals surface area (Å²) in [5.41, 5.74) is 5.04. The minimum Gasteiger partial charge on any atom is -0.508 e. The number of rotatable bonds is 2. The summed E-state index contributed by atoms with van der Waals surface area (Å²) >= 11 is 0. The summed E-state index contributed by atoms with van der Waals surface area (Å²) in [6, 6.07) is 2.81. The molecule has 5 N–H and O–H groups in total. The molecule has 0 bridgehead atoms. The molecule has 0 radical (unpaired) electrons. The number of allylic oxidation sites excluding steroid dienone is 1. The molecule has 0 spiro atoms. The van der Waals surface area contributed by atoms with Gasteiger partial charge in [-0.3, -0.25) is 5.01 Å². The first kappa shape index (κ1) is 14.2. The highest BCUT2D eigenvalue weighted by Crippen LogP contribution is 2.29. The summed E-state index contributed by atoms with van der Waals surface area (Å²) in [4.78, 5) is 0. The predicted octanol–water partition coefficient (Wildman–Crippen LogP) is 2.05. The van der Waals surface area contributed by atoms with Crippen LogP contribution in [-0.4, -0.2) is 11.3 Å². The maximum absolute atomic E-state index is 12.3. The maximum atomic E-state index is 12.3. The number of nitrogens with zero attached hydrogens (tertiary/aromatic N) is 1. The lowest BCUT2D eigenvalue weighted by Crippen LogP contribution is -2.31. The van der Waals surface area contributed by atoms with Gasteiger partial charge < -0.3 is 10.8 Å². The van der Waals surface area contributed by atoms with Crippen molar-refractivity contribution in [1.82, 2.24) is 0 Å². The highest BCUT2D eigenvalue weighted by Gasteiger charge is 2.32. The van der Waals surface area contributed by atoms with E-state index in [1.54, 1.807) is 13.8 Å². The highest BCUT2D eigenvalue weighted by molar-refractivity contribution is 5.62. The quantitative estimate of drug-likeness (QED) is 0.562. The van der Waals surface area contributed by atoms with Crippen LogP contribution >= 0.6 is 0 Å². The van der Waals surface area contributed by atoms with Gasteiger partial charge in [-0.15, -0.1) is 0 Å². The molecule has 0 aliphatic rings. The molecule has 0 amide bonds. The van der Waals surface area contributed by atoms with Gasteiger partial charge in [-0.2, -0.15) is 13.2 Å². The Hall–Kier alpha value is -1.89. The van der Waals surface area contributed by atoms with Gasteiger partial charge in [0.05, 0.1) is 5.69 Å². The summed E-state index contributed by atoms with van der Waals surface area (Å²) in [5.74, 6) is 5.56. The lowest BCUT2D eigenvalue weighted by Gasteiger charge is -2.20. The number of phenolic OH excluding ortho intramolecular Hbond substituents is 1. The van der Waals surface area contributed by atoms with Crippen molar-refractivity contribution in [2.24, 2.45) is 11.6 Å². The van der Waals surface area contributed by atoms with Crippen molar-refractivity contribution in [3.63, 3.8) is 0 Å². The standard InChI is InChI=1S/C11H14F3N3O/c1-6-3-8(18)4-7(2)10(6)17(16)5-9(15)11(12,13)14/h3-5,18H,15-16H2,1-2H3/b9-5-. The number of hydrazine groups is 1. The number of aryl methyl sites for hydroxylation is 2. The van der Waals surface area contributed by atoms with Gasteiger partial charge in [-0.1, -0.05) is 0 Å². The molecule has 1 aromatic rings. The van der Waals surface area contributed by atoms with Crippen molar-refractivity contribution in [2.45, 2.75) is 20.0 Å². The third-order valence-corrected chi connectivity index (χ3v) is 2.34. The van der Waals surface area contributed by atoms with Crippen LogP contribution in [0.3, 0.4) is 0 Å². The van der Waals surface area contributed by atoms with Crippen LogP contribution in [0.1, 0.15) is 11.1 Å². The molecule has 0 saturated heterocycles. The fourth-order valence-electron chi connectivity index (χ4n) is 1.63. The zero-order valence-electron chi connectivity index (χ0n) is 9.92. The van der Waals surface area contributed by atoms with E-state index >= 15 is 0 Å². The normalized spacial score (nSPS) is 12.7. The molecule has 0 atom stereocenters. The minimum atomic E-state index is -4.63. The number of alkyl halides is 3. The molecule has 18 heavy (non-hydrogen) atoms. The van der Waals surface area contributed by atoms with Gasteiger partial charge in [0.1, 0.15) is 11.4 Å². The van der Waals surface area contributed by atoms with Crippen LogP contribution in [0.4, 0.5) is 18.9 Å². The summed E-state index contributed by atoms with van der Waals surface area (Å²) < 4.78 is 36.8. The largest absolute Gasteiger partial charge is 0.508 e. The zero-order chi connectivity index (χ0) is 14.1. The van der Waals surface area contributed by atoms with Crippen molar-refractivity contribution in [3.8, 4) is 5.75 Å². The van der Waals surface area contributed by atoms with Gasteiger partial charge >= 0.3 is 6.18 Å². The first-order valence-electron chi connectivity index (χ1n) is 5.01. The van der Waals surface area contributed by atoms with E-state index in [1.165, 1.54) is 12.1 Å². The third-order valence-electron chi connectivity index (χ3n) is 2.34. The molecule has 1 rings (SSSR count). The molecule has 0 saturated carbocycles. The van der Waals surface area contributed by atoms with Gasteiger partial charge in [0, 0.05) is 6.20 Å². The molecule has 7 heteroatoms. The zero-order valence-corrected chi connectivity index (χ0v) is 9.92. The number of halogens is 3. The fraction of sp³-hybridized carbons (Fsp3) is 0.273. The van der Waals surface area contributed by atoms with E-state index in [0.29, 0.717) is 23.0 Å². The van der Waals surface area contributed by atoms with Gasteiger partial charge in [-0.25, -0.2) is 5.84 Å². The average Bonchev–Trinajstić information content (AvgIpc) is 2.13. The van der Waals surface area contributed by atoms with E-state index in [4.69, 9.17) is 11.6 Å². The molecule has 0 unspecified atom stereocenters. The summed E-state index contributed by atoms with van der Waals surface area (Å²) in [6.45, 7) is 3.25. The van der Waals surface area contributed by atoms with Crippen molar-refractivity contribution in [3.05, 3.63) is 35.2 Å². The number of aromatic hydroxyl groups is 1. The topological polar surface area (TPSA) is 75.5 Å². The minimum absolute atomic E-state index is 0.0231. The van der Waals surface area contributed by atoms with Crippen molar-refractivity contribution < 1.29 is 18.3 Å². The van der Waals surface area contributed by atoms with E-state index in [0.717, 1.165) is 5.01 Å². The lowest BCUT2D eigenvalue weighted by atomic mass is 10.1. The Bertz CT molecular complexity index is 460. The summed E-state index contributed by atoms with van der Waals surface area (Å²) in [7, 11) is 0. The van der Waals surface area contributed by atoms with Crippen LogP contribution in [0.5, 0.6) is 5.75 Å². The highest BCUT2D eigenvalue weighted by atomic mass is 19.4. The van der Waals surface area contributed by atoms with Crippen LogP contribution in [0.2, 0.25) is 0 Å². The molecule has 0 heterocycles. The Morgan fingerprint density at radius 2 is 1.72 bits per heavy atom. The van der Waals surface area contributed by atoms with Crippen LogP contribution in [0.25, 0.3) is 0 Å². The van der Waals surface area contributed by atoms with E-state index in [2.05, 4.69) is 0 Å². The Morgan fingerprint density at radius 1 is 1.28 bits per heavy atom. The van der Waals surface area contributed by atoms with Crippen LogP contribution in [0.15, 0.2) is 24.0 Å². The average molecular weight is 261 g/mol. The predicted molar refractivity (Wildman–Crippen MR) is 62.6 cm³/mol. The number of hydrogen-bond acceptors (Lipinski definition) is 4. The van der Waals surface area contributed by atoms with Crippen molar-refractivity contribution in [2.75, 3.05) is 5.01 Å². The Morgan fingerprint density at radius 3 is 2.11 bits per heavy atom. The second-order valence-electron chi connectivity index (χ2n) is 3.92. The van der Waals surface area contributed by atoms with Crippen LogP contribution in [-0.2, 0) is 0 Å². The molecule has 0 aliphatic carbocycles. The molecule has 4 nitrogen and oxygen atoms in total. The molecule has 0 aliphatic heterocycles. The van der Waals surface area contributed by atoms with Crippen molar-refractivity contribution >= 4 is 5.69 Å². The SMILES string of the molecule is Cc1cc(O)cc(C)c1N(N)/C=C(\N)C(F)(F)F. The van der Waals surface area contributed by atoms with Crippen LogP contribution < -0.4 is 16.6 Å². The molecule has 0 fully saturated rings. The monoisotopic (exact) mass is 261 g/mol. The fourth-order valence-corrected chi connectivity index (χ4v) is 1.63. The second-order valence-corrected chi connectivity index (χ2v) is 3.92. The number of benzene rings is 1. The number of hydrogen-bond donors (Lipinski definition) is 3. The maximum Gasteiger partial charge on any atom is 0.432 e. The van der Waals surface area contributed by atoms with Gasteiger partial charge in [0.15, 0.2) is 0 Å². The number of phenols is 1. The van der Waals surface area contributed by atoms with Gasteiger partial charge in [-0.05, 0) is 37.1 Å². The Labute approximate surface area is 102 Å². The van der Waals surface area contributed by atoms with E-state index in [-0.39, 0.29) is 5.75 Å². The van der Waals surface area contributed by atoms with Crippen LogP contribution in [0, 0.1) is 13.8 Å². The lowest BCUT2D eigenvalue weighted by molar-refractivity contribution is -0.0928. The Balaban J connectivity index is 3.17. The summed E-state index contributed by atoms with van der Waals surface area (Å²) in [5, 5.41) is 10.1. The number of anilines is 1. The second kappa shape index (κ2) is 4.77. The first-order valence-corrected chi connectivity index (χ1v) is 5.01. The molecule has 100 valence electrons. The Kier molecular flexibility index (Phi) is 3.76. The third kappa shape index (κ3) is 3.07. The van der Waals surface area contributed by atoms with E-state index < -0.39 is 11.9 Å². The summed E-state index contributed by atoms with van der Waals surface area (Å²) in [6.07, 6.45) is -4.03. The smallest absolute Gasteiger partial charge is 0.432 e. The first-order chi connectivity index (χ1) is 8.12. The van der Waals surface area contributed by atoms with Gasteiger partial charge in [0.2, 0.25) is 0 Å². The van der Waals surface area contributed by atoms with Crippen molar-refractivity contribution in [1.29, 1.82) is 0 Å². The number of nitrogens with two attached hydrogens (primary N) is 2. The molecule has 0 aromatic heterocycles. The molecular formula is C11H14F3N3O. The molecule has 1 aromatic carbocycles. The van der Waals surface area contributed by atoms with Gasteiger partial charge in [0.25, 0.3) is 0 Å². The molecular weight excluding hydrogens is 247 g/mol.